The molecule has 0 heterocycles. The van der Waals surface area contributed by atoms with E-state index in [1.807, 2.05) is 32.9 Å². The van der Waals surface area contributed by atoms with Gasteiger partial charge < -0.3 is 19.6 Å². The SMILES string of the molecule is COC(=O)CCCNC1CCCc2c(/C(C)=N/OCc3ccc(OCC(C)C)c(C(F)(F)F)c3)cccc21. The van der Waals surface area contributed by atoms with E-state index in [9.17, 15) is 18.0 Å². The van der Waals surface area contributed by atoms with Crippen LogP contribution in [0.15, 0.2) is 41.6 Å². The molecule has 0 fully saturated rings. The third-order valence-electron chi connectivity index (χ3n) is 6.43. The van der Waals surface area contributed by atoms with Crippen LogP contribution in [-0.2, 0) is 33.6 Å². The lowest BCUT2D eigenvalue weighted by Gasteiger charge is -2.28. The number of ether oxygens (including phenoxy) is 2. The highest BCUT2D eigenvalue weighted by Crippen LogP contribution is 2.37. The van der Waals surface area contributed by atoms with Gasteiger partial charge in [0.1, 0.15) is 12.4 Å². The third-order valence-corrected chi connectivity index (χ3v) is 6.43. The first kappa shape index (κ1) is 29.5. The number of nitrogens with zero attached hydrogens (tertiary/aromatic N) is 1. The molecule has 0 saturated heterocycles. The Kier molecular flexibility index (Phi) is 10.6. The topological polar surface area (TPSA) is 69.2 Å². The van der Waals surface area contributed by atoms with Gasteiger partial charge in [-0.15, -0.1) is 0 Å². The summed E-state index contributed by atoms with van der Waals surface area (Å²) in [7, 11) is 1.39. The van der Waals surface area contributed by atoms with E-state index in [1.165, 1.54) is 24.3 Å². The van der Waals surface area contributed by atoms with E-state index in [4.69, 9.17) is 14.3 Å². The van der Waals surface area contributed by atoms with Crippen LogP contribution in [0.2, 0.25) is 0 Å². The Labute approximate surface area is 222 Å². The van der Waals surface area contributed by atoms with Gasteiger partial charge in [0.15, 0.2) is 0 Å². The van der Waals surface area contributed by atoms with Crippen LogP contribution < -0.4 is 10.1 Å². The Morgan fingerprint density at radius 1 is 1.21 bits per heavy atom. The molecule has 0 spiro atoms. The standard InChI is InChI=1S/C29H37F3N2O4/c1-19(2)17-37-27-14-13-21(16-25(27)29(30,31)32)18-38-34-20(3)22-8-5-10-24-23(22)9-6-11-26(24)33-15-7-12-28(35)36-4/h5,8,10,13-14,16,19,26,33H,6-7,9,11-12,15,17-18H2,1-4H3/b34-20+. The fourth-order valence-corrected chi connectivity index (χ4v) is 4.53. The lowest BCUT2D eigenvalue weighted by atomic mass is 9.84. The number of methoxy groups -OCH3 is 1. The molecule has 9 heteroatoms. The maximum atomic E-state index is 13.6. The number of carbonyl (C=O) groups is 1. The van der Waals surface area contributed by atoms with Crippen LogP contribution in [0.1, 0.15) is 80.3 Å². The van der Waals surface area contributed by atoms with Crippen molar-refractivity contribution in [3.8, 4) is 5.75 Å². The summed E-state index contributed by atoms with van der Waals surface area (Å²) in [6.07, 6.45) is -0.532. The van der Waals surface area contributed by atoms with Crippen LogP contribution in [0.3, 0.4) is 0 Å². The number of oxime groups is 1. The molecular weight excluding hydrogens is 497 g/mol. The van der Waals surface area contributed by atoms with Gasteiger partial charge in [-0.2, -0.15) is 13.2 Å². The Hall–Kier alpha value is -3.07. The largest absolute Gasteiger partial charge is 0.493 e. The number of alkyl halides is 3. The zero-order valence-corrected chi connectivity index (χ0v) is 22.5. The first-order valence-electron chi connectivity index (χ1n) is 13.0. The Morgan fingerprint density at radius 3 is 2.71 bits per heavy atom. The van der Waals surface area contributed by atoms with Gasteiger partial charge in [-0.3, -0.25) is 4.79 Å². The van der Waals surface area contributed by atoms with Crippen molar-refractivity contribution < 1.29 is 32.3 Å². The molecule has 1 atom stereocenters. The summed E-state index contributed by atoms with van der Waals surface area (Å²) in [5.74, 6) is -0.285. The van der Waals surface area contributed by atoms with Crippen LogP contribution >= 0.6 is 0 Å². The van der Waals surface area contributed by atoms with Gasteiger partial charge in [0.2, 0.25) is 0 Å². The minimum absolute atomic E-state index is 0.0930. The van der Waals surface area contributed by atoms with Crippen LogP contribution in [0, 0.1) is 5.92 Å². The summed E-state index contributed by atoms with van der Waals surface area (Å²) in [6.45, 7) is 6.42. The van der Waals surface area contributed by atoms with Crippen molar-refractivity contribution in [1.82, 2.24) is 5.32 Å². The maximum Gasteiger partial charge on any atom is 0.419 e. The van der Waals surface area contributed by atoms with Gasteiger partial charge in [0.05, 0.1) is 25.0 Å². The van der Waals surface area contributed by atoms with Crippen molar-refractivity contribution in [3.63, 3.8) is 0 Å². The van der Waals surface area contributed by atoms with Gasteiger partial charge in [-0.1, -0.05) is 43.3 Å². The average Bonchev–Trinajstić information content (AvgIpc) is 2.89. The number of hydrogen-bond donors (Lipinski definition) is 1. The van der Waals surface area contributed by atoms with Crippen LogP contribution in [0.25, 0.3) is 0 Å². The molecule has 6 nitrogen and oxygen atoms in total. The molecular formula is C29H37F3N2O4. The molecule has 0 aliphatic heterocycles. The molecule has 1 aliphatic carbocycles. The summed E-state index contributed by atoms with van der Waals surface area (Å²) < 4.78 is 50.8. The second-order valence-corrected chi connectivity index (χ2v) is 9.94. The highest BCUT2D eigenvalue weighted by atomic mass is 19.4. The van der Waals surface area contributed by atoms with Crippen LogP contribution in [-0.4, -0.2) is 31.9 Å². The van der Waals surface area contributed by atoms with E-state index in [1.54, 1.807) is 6.07 Å². The zero-order chi connectivity index (χ0) is 27.7. The number of nitrogens with one attached hydrogen (secondary N) is 1. The number of halogens is 3. The number of fused-ring (bicyclic) bond motifs is 1. The third kappa shape index (κ3) is 8.21. The number of rotatable bonds is 12. The smallest absolute Gasteiger partial charge is 0.419 e. The summed E-state index contributed by atoms with van der Waals surface area (Å²) >= 11 is 0. The summed E-state index contributed by atoms with van der Waals surface area (Å²) in [5.41, 5.74) is 3.57. The molecule has 0 amide bonds. The first-order valence-corrected chi connectivity index (χ1v) is 13.0. The molecule has 1 unspecified atom stereocenters. The first-order chi connectivity index (χ1) is 18.1. The van der Waals surface area contributed by atoms with Crippen molar-refractivity contribution in [2.45, 2.75) is 71.7 Å². The molecule has 0 aromatic heterocycles. The number of carbonyl (C=O) groups excluding carboxylic acids is 1. The predicted octanol–water partition coefficient (Wildman–Crippen LogP) is 6.60. The second-order valence-electron chi connectivity index (χ2n) is 9.94. The highest BCUT2D eigenvalue weighted by molar-refractivity contribution is 6.00. The lowest BCUT2D eigenvalue weighted by molar-refractivity contribution is -0.141. The Morgan fingerprint density at radius 2 is 2.00 bits per heavy atom. The molecule has 208 valence electrons. The van der Waals surface area contributed by atoms with E-state index in [0.717, 1.165) is 30.9 Å². The number of esters is 1. The van der Waals surface area contributed by atoms with Gasteiger partial charge in [0, 0.05) is 18.0 Å². The van der Waals surface area contributed by atoms with Gasteiger partial charge in [-0.25, -0.2) is 0 Å². The minimum Gasteiger partial charge on any atom is -0.493 e. The van der Waals surface area contributed by atoms with Crippen molar-refractivity contribution in [1.29, 1.82) is 0 Å². The molecule has 0 bridgehead atoms. The van der Waals surface area contributed by atoms with Crippen molar-refractivity contribution >= 4 is 11.7 Å². The quantitative estimate of drug-likeness (QED) is 0.144. The van der Waals surface area contributed by atoms with Gasteiger partial charge in [0.25, 0.3) is 0 Å². The van der Waals surface area contributed by atoms with Crippen molar-refractivity contribution in [3.05, 3.63) is 64.2 Å². The second kappa shape index (κ2) is 13.6. The summed E-state index contributed by atoms with van der Waals surface area (Å²) in [6, 6.07) is 10.2. The summed E-state index contributed by atoms with van der Waals surface area (Å²) in [4.78, 5) is 16.8. The van der Waals surface area contributed by atoms with Crippen LogP contribution in [0.5, 0.6) is 5.75 Å². The van der Waals surface area contributed by atoms with Crippen molar-refractivity contribution in [2.75, 3.05) is 20.3 Å². The number of benzene rings is 2. The Balaban J connectivity index is 1.67. The van der Waals surface area contributed by atoms with E-state index >= 15 is 0 Å². The fraction of sp³-hybridized carbons (Fsp3) is 0.517. The van der Waals surface area contributed by atoms with Crippen LogP contribution in [0.4, 0.5) is 13.2 Å². The molecule has 2 aromatic rings. The highest BCUT2D eigenvalue weighted by Gasteiger charge is 2.35. The molecule has 2 aromatic carbocycles. The van der Waals surface area contributed by atoms with Gasteiger partial charge >= 0.3 is 12.1 Å². The summed E-state index contributed by atoms with van der Waals surface area (Å²) in [5, 5.41) is 7.78. The molecule has 0 radical (unpaired) electrons. The van der Waals surface area contributed by atoms with E-state index in [0.29, 0.717) is 30.7 Å². The monoisotopic (exact) mass is 534 g/mol. The number of hydrogen-bond acceptors (Lipinski definition) is 6. The zero-order valence-electron chi connectivity index (χ0n) is 22.5. The maximum absolute atomic E-state index is 13.6. The minimum atomic E-state index is -4.53. The molecule has 1 aliphatic rings. The molecule has 38 heavy (non-hydrogen) atoms. The lowest BCUT2D eigenvalue weighted by Crippen LogP contribution is -2.27. The van der Waals surface area contributed by atoms with Crippen molar-refractivity contribution in [2.24, 2.45) is 11.1 Å². The molecule has 3 rings (SSSR count). The van der Waals surface area contributed by atoms with Gasteiger partial charge in [-0.05, 0) is 73.9 Å². The predicted molar refractivity (Wildman–Crippen MR) is 140 cm³/mol. The average molecular weight is 535 g/mol. The Bertz CT molecular complexity index is 1120. The van der Waals surface area contributed by atoms with E-state index in [2.05, 4.69) is 16.5 Å². The molecule has 0 saturated carbocycles. The van der Waals surface area contributed by atoms with E-state index < -0.39 is 11.7 Å². The normalized spacial score (nSPS) is 15.8. The van der Waals surface area contributed by atoms with E-state index in [-0.39, 0.29) is 36.9 Å². The fourth-order valence-electron chi connectivity index (χ4n) is 4.53. The molecule has 1 N–H and O–H groups in total.